The lowest BCUT2D eigenvalue weighted by atomic mass is 10.3. The minimum absolute atomic E-state index is 0.00330. The zero-order valence-electron chi connectivity index (χ0n) is 9.98. The summed E-state index contributed by atoms with van der Waals surface area (Å²) in [4.78, 5) is 11.6. The van der Waals surface area contributed by atoms with Gasteiger partial charge in [-0.3, -0.25) is 9.36 Å². The van der Waals surface area contributed by atoms with Gasteiger partial charge in [0.1, 0.15) is 11.5 Å². The van der Waals surface area contributed by atoms with Crippen molar-refractivity contribution in [2.45, 2.75) is 13.0 Å². The number of ether oxygens (including phenoxy) is 1. The number of aromatic nitrogens is 1. The van der Waals surface area contributed by atoms with Gasteiger partial charge < -0.3 is 20.1 Å². The molecule has 2 rings (SSSR count). The van der Waals surface area contributed by atoms with Gasteiger partial charge in [0.05, 0.1) is 6.42 Å². The maximum atomic E-state index is 11.6. The number of rotatable bonds is 4. The van der Waals surface area contributed by atoms with E-state index in [1.54, 1.807) is 0 Å². The highest BCUT2D eigenvalue weighted by Gasteiger charge is 2.10. The number of nitrogens with zero attached hydrogens (tertiary/aromatic N) is 1. The molecule has 0 aliphatic carbocycles. The lowest BCUT2D eigenvalue weighted by molar-refractivity contribution is -0.134. The summed E-state index contributed by atoms with van der Waals surface area (Å²) in [5.74, 6) is -0.325. The molecule has 19 heavy (non-hydrogen) atoms. The number of esters is 1. The van der Waals surface area contributed by atoms with Crippen LogP contribution in [0.15, 0.2) is 36.4 Å². The molecule has 0 bridgehead atoms. The second kappa shape index (κ2) is 5.34. The molecule has 6 nitrogen and oxygen atoms in total. The first-order chi connectivity index (χ1) is 9.06. The van der Waals surface area contributed by atoms with Crippen LogP contribution in [-0.2, 0) is 11.3 Å². The van der Waals surface area contributed by atoms with Crippen molar-refractivity contribution >= 4 is 5.97 Å². The number of benzene rings is 1. The largest absolute Gasteiger partial charge is 0.508 e. The Hall–Kier alpha value is -2.63. The van der Waals surface area contributed by atoms with Gasteiger partial charge >= 0.3 is 5.97 Å². The average molecular weight is 263 g/mol. The van der Waals surface area contributed by atoms with Crippen molar-refractivity contribution in [3.63, 3.8) is 0 Å². The van der Waals surface area contributed by atoms with Crippen molar-refractivity contribution in [3.8, 4) is 23.3 Å². The van der Waals surface area contributed by atoms with Crippen molar-refractivity contribution in [2.24, 2.45) is 0 Å². The number of phenols is 1. The lowest BCUT2D eigenvalue weighted by Gasteiger charge is -2.07. The number of carbonyl (C=O) groups is 1. The van der Waals surface area contributed by atoms with Crippen LogP contribution in [0.1, 0.15) is 6.42 Å². The minimum Gasteiger partial charge on any atom is -0.508 e. The van der Waals surface area contributed by atoms with E-state index in [2.05, 4.69) is 0 Å². The molecular weight excluding hydrogens is 250 g/mol. The van der Waals surface area contributed by atoms with E-state index in [1.165, 1.54) is 41.0 Å². The molecule has 0 saturated heterocycles. The van der Waals surface area contributed by atoms with Gasteiger partial charge in [-0.2, -0.15) is 0 Å². The first-order valence-electron chi connectivity index (χ1n) is 5.63. The number of carbonyl (C=O) groups excluding carboxylic acids is 1. The van der Waals surface area contributed by atoms with Crippen molar-refractivity contribution in [1.29, 1.82) is 0 Å². The molecule has 0 aliphatic heterocycles. The number of hydrogen-bond acceptors (Lipinski definition) is 5. The number of aromatic hydroxyl groups is 3. The SMILES string of the molecule is O=C(CCn1c(O)ccc1O)Oc1ccc(O)cc1. The Morgan fingerprint density at radius 1 is 1.00 bits per heavy atom. The van der Waals surface area contributed by atoms with Crippen LogP contribution < -0.4 is 4.74 Å². The molecule has 0 unspecified atom stereocenters. The normalized spacial score (nSPS) is 10.3. The van der Waals surface area contributed by atoms with Crippen LogP contribution in [0.5, 0.6) is 23.3 Å². The summed E-state index contributed by atoms with van der Waals surface area (Å²) in [6.45, 7) is 0.113. The zero-order valence-corrected chi connectivity index (χ0v) is 9.98. The van der Waals surface area contributed by atoms with Crippen molar-refractivity contribution in [3.05, 3.63) is 36.4 Å². The highest BCUT2D eigenvalue weighted by Crippen LogP contribution is 2.21. The molecule has 0 aliphatic rings. The average Bonchev–Trinajstić information content (AvgIpc) is 2.70. The molecule has 0 spiro atoms. The summed E-state index contributed by atoms with van der Waals surface area (Å²) in [5, 5.41) is 27.9. The minimum atomic E-state index is -0.502. The van der Waals surface area contributed by atoms with E-state index < -0.39 is 5.97 Å². The number of hydrogen-bond donors (Lipinski definition) is 3. The van der Waals surface area contributed by atoms with Gasteiger partial charge in [0, 0.05) is 18.7 Å². The van der Waals surface area contributed by atoms with E-state index in [-0.39, 0.29) is 30.5 Å². The Morgan fingerprint density at radius 3 is 2.16 bits per heavy atom. The van der Waals surface area contributed by atoms with Crippen molar-refractivity contribution < 1.29 is 24.9 Å². The predicted octanol–water partition coefficient (Wildman–Crippen LogP) is 1.60. The van der Waals surface area contributed by atoms with Crippen LogP contribution in [0, 0.1) is 0 Å². The highest BCUT2D eigenvalue weighted by molar-refractivity contribution is 5.72. The maximum Gasteiger partial charge on any atom is 0.312 e. The summed E-state index contributed by atoms with van der Waals surface area (Å²) in [5.41, 5.74) is 0. The number of phenolic OH excluding ortho intramolecular Hbond substituents is 1. The molecular formula is C13H13NO5. The highest BCUT2D eigenvalue weighted by atomic mass is 16.5. The first kappa shape index (κ1) is 12.8. The zero-order chi connectivity index (χ0) is 13.8. The Morgan fingerprint density at radius 2 is 1.58 bits per heavy atom. The molecule has 1 aromatic carbocycles. The van der Waals surface area contributed by atoms with E-state index in [9.17, 15) is 15.0 Å². The summed E-state index contributed by atoms with van der Waals surface area (Å²) in [6, 6.07) is 8.43. The Balaban J connectivity index is 1.90. The van der Waals surface area contributed by atoms with Crippen molar-refractivity contribution in [1.82, 2.24) is 4.57 Å². The van der Waals surface area contributed by atoms with Crippen LogP contribution in [0.25, 0.3) is 0 Å². The van der Waals surface area contributed by atoms with Crippen molar-refractivity contribution in [2.75, 3.05) is 0 Å². The Bertz CT molecular complexity index is 554. The molecule has 0 atom stereocenters. The second-order valence-electron chi connectivity index (χ2n) is 3.92. The molecule has 0 fully saturated rings. The molecule has 6 heteroatoms. The van der Waals surface area contributed by atoms with Crippen LogP contribution in [0.3, 0.4) is 0 Å². The van der Waals surface area contributed by atoms with Crippen LogP contribution in [0.2, 0.25) is 0 Å². The quantitative estimate of drug-likeness (QED) is 0.575. The summed E-state index contributed by atoms with van der Waals surface area (Å²) in [7, 11) is 0. The fourth-order valence-electron chi connectivity index (χ4n) is 1.58. The van der Waals surface area contributed by atoms with E-state index in [0.717, 1.165) is 0 Å². The van der Waals surface area contributed by atoms with E-state index in [0.29, 0.717) is 5.75 Å². The van der Waals surface area contributed by atoms with E-state index in [1.807, 2.05) is 0 Å². The smallest absolute Gasteiger partial charge is 0.312 e. The van der Waals surface area contributed by atoms with Crippen LogP contribution >= 0.6 is 0 Å². The van der Waals surface area contributed by atoms with Crippen LogP contribution in [0.4, 0.5) is 0 Å². The predicted molar refractivity (Wildman–Crippen MR) is 66.1 cm³/mol. The maximum absolute atomic E-state index is 11.6. The molecule has 0 saturated carbocycles. The molecule has 3 N–H and O–H groups in total. The topological polar surface area (TPSA) is 91.9 Å². The monoisotopic (exact) mass is 263 g/mol. The second-order valence-corrected chi connectivity index (χ2v) is 3.92. The third-order valence-electron chi connectivity index (χ3n) is 2.54. The van der Waals surface area contributed by atoms with E-state index in [4.69, 9.17) is 9.84 Å². The summed E-state index contributed by atoms with van der Waals surface area (Å²) in [6.07, 6.45) is -0.00330. The standard InChI is InChI=1S/C13H13NO5/c15-9-1-3-10(4-2-9)19-13(18)7-8-14-11(16)5-6-12(14)17/h1-6,15-17H,7-8H2. The Labute approximate surface area is 109 Å². The third-order valence-corrected chi connectivity index (χ3v) is 2.54. The van der Waals surface area contributed by atoms with Crippen LogP contribution in [-0.4, -0.2) is 25.9 Å². The lowest BCUT2D eigenvalue weighted by Crippen LogP contribution is -2.11. The van der Waals surface area contributed by atoms with Gasteiger partial charge in [-0.1, -0.05) is 0 Å². The molecule has 0 radical (unpaired) electrons. The molecule has 1 aromatic heterocycles. The molecule has 100 valence electrons. The Kier molecular flexibility index (Phi) is 3.61. The summed E-state index contributed by atoms with van der Waals surface area (Å²) < 4.78 is 6.21. The van der Waals surface area contributed by atoms with E-state index >= 15 is 0 Å². The third kappa shape index (κ3) is 3.19. The fraction of sp³-hybridized carbons (Fsp3) is 0.154. The van der Waals surface area contributed by atoms with Gasteiger partial charge in [0.2, 0.25) is 0 Å². The molecule has 0 amide bonds. The fourth-order valence-corrected chi connectivity index (χ4v) is 1.58. The van der Waals surface area contributed by atoms with Gasteiger partial charge in [-0.05, 0) is 24.3 Å². The molecule has 2 aromatic rings. The first-order valence-corrected chi connectivity index (χ1v) is 5.63. The van der Waals surface area contributed by atoms with Gasteiger partial charge in [0.25, 0.3) is 0 Å². The summed E-state index contributed by atoms with van der Waals surface area (Å²) >= 11 is 0. The van der Waals surface area contributed by atoms with Gasteiger partial charge in [0.15, 0.2) is 11.8 Å². The van der Waals surface area contributed by atoms with Gasteiger partial charge in [-0.15, -0.1) is 0 Å². The van der Waals surface area contributed by atoms with Gasteiger partial charge in [-0.25, -0.2) is 0 Å². The molecule has 1 heterocycles.